The summed E-state index contributed by atoms with van der Waals surface area (Å²) in [6.07, 6.45) is -0.447. The highest BCUT2D eigenvalue weighted by Gasteiger charge is 2.32. The molecule has 32 heavy (non-hydrogen) atoms. The Morgan fingerprint density at radius 1 is 0.875 bits per heavy atom. The topological polar surface area (TPSA) is 194 Å². The van der Waals surface area contributed by atoms with Gasteiger partial charge in [-0.15, -0.1) is 0 Å². The maximum atomic E-state index is 13.0. The molecule has 0 saturated heterocycles. The smallest absolute Gasteiger partial charge is 0.326 e. The number of hydrogen-bond acceptors (Lipinski definition) is 6. The van der Waals surface area contributed by atoms with Crippen LogP contribution in [0, 0.1) is 5.92 Å². The van der Waals surface area contributed by atoms with Crippen molar-refractivity contribution < 1.29 is 29.1 Å². The minimum atomic E-state index is -1.53. The van der Waals surface area contributed by atoms with Crippen LogP contribution in [0.3, 0.4) is 0 Å². The standard InChI is InChI=1S/C21H31N5O6/c1-11(2)17(20(30)25-15(21(31)32)10-16(23)27)26-19(29)14(24-18(28)12(3)22)9-13-7-5-4-6-8-13/h4-8,11-12,14-15,17H,9-10,22H2,1-3H3,(H2,23,27)(H,24,28)(H,25,30)(H,26,29)(H,31,32). The summed E-state index contributed by atoms with van der Waals surface area (Å²) >= 11 is 0. The number of primary amides is 1. The molecule has 1 aromatic carbocycles. The Labute approximate surface area is 186 Å². The molecule has 0 aliphatic carbocycles. The summed E-state index contributed by atoms with van der Waals surface area (Å²) in [5.74, 6) is -4.73. The van der Waals surface area contributed by atoms with Crippen LogP contribution in [0.1, 0.15) is 32.8 Å². The van der Waals surface area contributed by atoms with Crippen LogP contribution in [0.15, 0.2) is 30.3 Å². The fourth-order valence-corrected chi connectivity index (χ4v) is 2.81. The molecule has 1 rings (SSSR count). The van der Waals surface area contributed by atoms with E-state index in [1.54, 1.807) is 38.1 Å². The first-order valence-electron chi connectivity index (χ1n) is 10.1. The molecule has 0 aliphatic heterocycles. The molecule has 4 atom stereocenters. The van der Waals surface area contributed by atoms with E-state index in [0.29, 0.717) is 0 Å². The van der Waals surface area contributed by atoms with Gasteiger partial charge in [-0.1, -0.05) is 44.2 Å². The van der Waals surface area contributed by atoms with Crippen molar-refractivity contribution in [1.82, 2.24) is 16.0 Å². The molecule has 4 amide bonds. The summed E-state index contributed by atoms with van der Waals surface area (Å²) < 4.78 is 0. The molecule has 11 nitrogen and oxygen atoms in total. The predicted octanol–water partition coefficient (Wildman–Crippen LogP) is -1.35. The maximum absolute atomic E-state index is 13.0. The summed E-state index contributed by atoms with van der Waals surface area (Å²) in [4.78, 5) is 60.2. The average molecular weight is 450 g/mol. The zero-order valence-corrected chi connectivity index (χ0v) is 18.3. The molecule has 0 spiro atoms. The second kappa shape index (κ2) is 12.4. The third-order valence-electron chi connectivity index (χ3n) is 4.60. The molecule has 176 valence electrons. The van der Waals surface area contributed by atoms with Crippen molar-refractivity contribution in [3.05, 3.63) is 35.9 Å². The first-order chi connectivity index (χ1) is 14.9. The fourth-order valence-electron chi connectivity index (χ4n) is 2.81. The summed E-state index contributed by atoms with van der Waals surface area (Å²) in [6, 6.07) is 4.42. The van der Waals surface area contributed by atoms with Crippen LogP contribution >= 0.6 is 0 Å². The molecule has 0 saturated carbocycles. The van der Waals surface area contributed by atoms with Crippen LogP contribution in [0.5, 0.6) is 0 Å². The molecule has 0 aliphatic rings. The van der Waals surface area contributed by atoms with Gasteiger partial charge in [-0.2, -0.15) is 0 Å². The number of carbonyl (C=O) groups excluding carboxylic acids is 4. The van der Waals surface area contributed by atoms with Crippen molar-refractivity contribution in [1.29, 1.82) is 0 Å². The van der Waals surface area contributed by atoms with Gasteiger partial charge in [-0.05, 0) is 18.4 Å². The summed E-state index contributed by atoms with van der Waals surface area (Å²) in [7, 11) is 0. The quantitative estimate of drug-likeness (QED) is 0.227. The molecule has 8 N–H and O–H groups in total. The Morgan fingerprint density at radius 2 is 1.44 bits per heavy atom. The van der Waals surface area contributed by atoms with Crippen LogP contribution in [0.25, 0.3) is 0 Å². The Morgan fingerprint density at radius 3 is 1.91 bits per heavy atom. The number of aliphatic carboxylic acids is 1. The Bertz CT molecular complexity index is 827. The van der Waals surface area contributed by atoms with Crippen molar-refractivity contribution in [3.8, 4) is 0 Å². The fraction of sp³-hybridized carbons (Fsp3) is 0.476. The molecule has 11 heteroatoms. The number of carbonyl (C=O) groups is 5. The van der Waals surface area contributed by atoms with Crippen LogP contribution in [-0.4, -0.2) is 58.9 Å². The SMILES string of the molecule is CC(N)C(=O)NC(Cc1ccccc1)C(=O)NC(C(=O)NC(CC(N)=O)C(=O)O)C(C)C. The predicted molar refractivity (Wildman–Crippen MR) is 116 cm³/mol. The number of amides is 4. The number of hydrogen-bond donors (Lipinski definition) is 6. The Hall–Kier alpha value is -3.47. The highest BCUT2D eigenvalue weighted by molar-refractivity contribution is 5.95. The second-order valence-electron chi connectivity index (χ2n) is 7.84. The van der Waals surface area contributed by atoms with E-state index in [0.717, 1.165) is 5.56 Å². The van der Waals surface area contributed by atoms with Gasteiger partial charge in [0.2, 0.25) is 23.6 Å². The van der Waals surface area contributed by atoms with Crippen LogP contribution in [-0.2, 0) is 30.4 Å². The Balaban J connectivity index is 3.02. The van der Waals surface area contributed by atoms with E-state index in [4.69, 9.17) is 11.5 Å². The van der Waals surface area contributed by atoms with E-state index in [1.807, 2.05) is 6.07 Å². The largest absolute Gasteiger partial charge is 0.480 e. The Kier molecular flexibility index (Phi) is 10.3. The molecule has 4 unspecified atom stereocenters. The van der Waals surface area contributed by atoms with Gasteiger partial charge in [0.15, 0.2) is 0 Å². The third kappa shape index (κ3) is 8.72. The summed E-state index contributed by atoms with van der Waals surface area (Å²) in [6.45, 7) is 4.78. The monoisotopic (exact) mass is 449 g/mol. The number of carboxylic acids is 1. The molecule has 0 fully saturated rings. The summed E-state index contributed by atoms with van der Waals surface area (Å²) in [5, 5.41) is 16.6. The van der Waals surface area contributed by atoms with Gasteiger partial charge in [-0.25, -0.2) is 4.79 Å². The molecule has 1 aromatic rings. The lowest BCUT2D eigenvalue weighted by Gasteiger charge is -2.27. The van der Waals surface area contributed by atoms with Crippen LogP contribution in [0.2, 0.25) is 0 Å². The second-order valence-corrected chi connectivity index (χ2v) is 7.84. The zero-order chi connectivity index (χ0) is 24.4. The third-order valence-corrected chi connectivity index (χ3v) is 4.60. The van der Waals surface area contributed by atoms with E-state index >= 15 is 0 Å². The van der Waals surface area contributed by atoms with E-state index in [9.17, 15) is 29.1 Å². The first-order valence-corrected chi connectivity index (χ1v) is 10.1. The number of nitrogens with one attached hydrogen (secondary N) is 3. The molecule has 0 aromatic heterocycles. The molecular formula is C21H31N5O6. The van der Waals surface area contributed by atoms with Gasteiger partial charge in [0.1, 0.15) is 18.1 Å². The van der Waals surface area contributed by atoms with E-state index < -0.39 is 66.1 Å². The van der Waals surface area contributed by atoms with E-state index in [1.165, 1.54) is 6.92 Å². The minimum absolute atomic E-state index is 0.150. The van der Waals surface area contributed by atoms with Crippen molar-refractivity contribution in [2.24, 2.45) is 17.4 Å². The lowest BCUT2D eigenvalue weighted by atomic mass is 10.00. The van der Waals surface area contributed by atoms with Crippen molar-refractivity contribution in [3.63, 3.8) is 0 Å². The highest BCUT2D eigenvalue weighted by Crippen LogP contribution is 2.08. The number of carboxylic acid groups (broad SMARTS) is 1. The molecule has 0 bridgehead atoms. The summed E-state index contributed by atoms with van der Waals surface area (Å²) in [5.41, 5.74) is 11.4. The van der Waals surface area contributed by atoms with Crippen molar-refractivity contribution >= 4 is 29.6 Å². The van der Waals surface area contributed by atoms with Crippen LogP contribution in [0.4, 0.5) is 0 Å². The molecule has 0 radical (unpaired) electrons. The van der Waals surface area contributed by atoms with Crippen molar-refractivity contribution in [2.75, 3.05) is 0 Å². The highest BCUT2D eigenvalue weighted by atomic mass is 16.4. The van der Waals surface area contributed by atoms with Gasteiger partial charge >= 0.3 is 5.97 Å². The van der Waals surface area contributed by atoms with Crippen LogP contribution < -0.4 is 27.4 Å². The van der Waals surface area contributed by atoms with E-state index in [-0.39, 0.29) is 6.42 Å². The minimum Gasteiger partial charge on any atom is -0.480 e. The van der Waals surface area contributed by atoms with Gasteiger partial charge in [0.05, 0.1) is 12.5 Å². The number of rotatable bonds is 12. The number of nitrogens with two attached hydrogens (primary N) is 2. The van der Waals surface area contributed by atoms with Gasteiger partial charge < -0.3 is 32.5 Å². The maximum Gasteiger partial charge on any atom is 0.326 e. The normalized spacial score (nSPS) is 14.5. The lowest BCUT2D eigenvalue weighted by Crippen LogP contribution is -2.59. The van der Waals surface area contributed by atoms with E-state index in [2.05, 4.69) is 16.0 Å². The number of benzene rings is 1. The van der Waals surface area contributed by atoms with Gasteiger partial charge in [-0.3, -0.25) is 19.2 Å². The molecular weight excluding hydrogens is 418 g/mol. The lowest BCUT2D eigenvalue weighted by molar-refractivity contribution is -0.144. The van der Waals surface area contributed by atoms with Crippen molar-refractivity contribution in [2.45, 2.75) is 57.8 Å². The molecule has 0 heterocycles. The zero-order valence-electron chi connectivity index (χ0n) is 18.3. The van der Waals surface area contributed by atoms with Gasteiger partial charge in [0, 0.05) is 6.42 Å². The average Bonchev–Trinajstić information content (AvgIpc) is 2.70. The first kappa shape index (κ1) is 26.6. The van der Waals surface area contributed by atoms with Gasteiger partial charge in [0.25, 0.3) is 0 Å².